The minimum atomic E-state index is 0.471. The zero-order chi connectivity index (χ0) is 22.3. The smallest absolute Gasteiger partial charge is 0.191 e. The van der Waals surface area contributed by atoms with Crippen LogP contribution in [0.15, 0.2) is 47.5 Å². The topological polar surface area (TPSA) is 72.7 Å². The van der Waals surface area contributed by atoms with Crippen LogP contribution < -0.4 is 15.4 Å². The first-order valence-corrected chi connectivity index (χ1v) is 11.4. The van der Waals surface area contributed by atoms with E-state index in [-0.39, 0.29) is 0 Å². The first kappa shape index (κ1) is 22.1. The number of para-hydroxylation sites is 2. The van der Waals surface area contributed by atoms with Crippen molar-refractivity contribution >= 4 is 17.0 Å². The maximum absolute atomic E-state index is 6.17. The maximum atomic E-state index is 6.17. The minimum absolute atomic E-state index is 0.471. The molecule has 1 atom stereocenters. The summed E-state index contributed by atoms with van der Waals surface area (Å²) in [5.41, 5.74) is 4.39. The Kier molecular flexibility index (Phi) is 7.27. The molecule has 1 aliphatic rings. The molecule has 0 radical (unpaired) electrons. The molecule has 4 rings (SSSR count). The highest BCUT2D eigenvalue weighted by atomic mass is 16.5. The normalized spacial score (nSPS) is 16.5. The van der Waals surface area contributed by atoms with Crippen molar-refractivity contribution in [2.75, 3.05) is 26.4 Å². The number of hydrogen-bond donors (Lipinski definition) is 2. The van der Waals surface area contributed by atoms with E-state index in [0.29, 0.717) is 25.6 Å². The van der Waals surface area contributed by atoms with E-state index < -0.39 is 0 Å². The number of benzene rings is 2. The van der Waals surface area contributed by atoms with Crippen molar-refractivity contribution in [2.24, 2.45) is 18.0 Å². The highest BCUT2D eigenvalue weighted by Crippen LogP contribution is 2.23. The number of aryl methyl sites for hydroxylation is 2. The van der Waals surface area contributed by atoms with Crippen molar-refractivity contribution in [2.45, 2.75) is 33.4 Å². The molecule has 2 aromatic carbocycles. The van der Waals surface area contributed by atoms with E-state index in [1.54, 1.807) is 0 Å². The van der Waals surface area contributed by atoms with Gasteiger partial charge in [0, 0.05) is 31.7 Å². The van der Waals surface area contributed by atoms with Crippen molar-refractivity contribution in [3.8, 4) is 5.75 Å². The molecule has 1 fully saturated rings. The second-order valence-corrected chi connectivity index (χ2v) is 8.28. The maximum Gasteiger partial charge on any atom is 0.191 e. The third-order valence-corrected chi connectivity index (χ3v) is 5.77. The van der Waals surface area contributed by atoms with Gasteiger partial charge < -0.3 is 24.7 Å². The molecule has 3 aromatic rings. The van der Waals surface area contributed by atoms with Crippen LogP contribution in [-0.4, -0.2) is 41.9 Å². The molecule has 0 spiro atoms. The zero-order valence-corrected chi connectivity index (χ0v) is 19.2. The molecule has 1 saturated heterocycles. The Labute approximate surface area is 189 Å². The van der Waals surface area contributed by atoms with Crippen molar-refractivity contribution < 1.29 is 9.47 Å². The quantitative estimate of drug-likeness (QED) is 0.418. The number of imidazole rings is 1. The van der Waals surface area contributed by atoms with Crippen LogP contribution in [-0.2, 0) is 24.9 Å². The summed E-state index contributed by atoms with van der Waals surface area (Å²) < 4.78 is 13.8. The van der Waals surface area contributed by atoms with Crippen molar-refractivity contribution in [3.63, 3.8) is 0 Å². The molecule has 170 valence electrons. The molecule has 2 heterocycles. The van der Waals surface area contributed by atoms with E-state index in [0.717, 1.165) is 60.3 Å². The average molecular weight is 436 g/mol. The van der Waals surface area contributed by atoms with E-state index in [2.05, 4.69) is 53.3 Å². The largest absolute Gasteiger partial charge is 0.493 e. The summed E-state index contributed by atoms with van der Waals surface area (Å²) in [6.45, 7) is 8.37. The van der Waals surface area contributed by atoms with Crippen LogP contribution in [0.1, 0.15) is 30.3 Å². The standard InChI is InChI=1S/C25H33N5O2/c1-4-26-25(28-15-24-29-21-7-5-6-8-22(21)30(24)3)27-14-20-10-9-18(2)13-23(20)32-17-19-11-12-31-16-19/h5-10,13,19H,4,11-12,14-17H2,1-3H3,(H2,26,27,28). The fourth-order valence-corrected chi connectivity index (χ4v) is 3.87. The second kappa shape index (κ2) is 10.5. The number of aromatic nitrogens is 2. The van der Waals surface area contributed by atoms with Gasteiger partial charge in [0.1, 0.15) is 11.6 Å². The fraction of sp³-hybridized carbons (Fsp3) is 0.440. The fourth-order valence-electron chi connectivity index (χ4n) is 3.87. The summed E-state index contributed by atoms with van der Waals surface area (Å²) in [6.07, 6.45) is 1.07. The Morgan fingerprint density at radius 1 is 1.25 bits per heavy atom. The lowest BCUT2D eigenvalue weighted by atomic mass is 10.1. The van der Waals surface area contributed by atoms with E-state index in [1.165, 1.54) is 5.56 Å². The molecular weight excluding hydrogens is 402 g/mol. The van der Waals surface area contributed by atoms with Gasteiger partial charge in [0.25, 0.3) is 0 Å². The summed E-state index contributed by atoms with van der Waals surface area (Å²) in [6, 6.07) is 14.5. The molecule has 1 aliphatic heterocycles. The van der Waals surface area contributed by atoms with E-state index >= 15 is 0 Å². The molecule has 0 bridgehead atoms. The van der Waals surface area contributed by atoms with Gasteiger partial charge in [-0.25, -0.2) is 9.98 Å². The number of hydrogen-bond acceptors (Lipinski definition) is 4. The first-order chi connectivity index (χ1) is 15.6. The van der Waals surface area contributed by atoms with Crippen LogP contribution in [0.25, 0.3) is 11.0 Å². The van der Waals surface area contributed by atoms with Gasteiger partial charge >= 0.3 is 0 Å². The van der Waals surface area contributed by atoms with Crippen LogP contribution >= 0.6 is 0 Å². The van der Waals surface area contributed by atoms with Gasteiger partial charge in [-0.05, 0) is 44.0 Å². The van der Waals surface area contributed by atoms with Crippen molar-refractivity contribution in [3.05, 3.63) is 59.4 Å². The number of rotatable bonds is 8. The summed E-state index contributed by atoms with van der Waals surface area (Å²) in [4.78, 5) is 9.54. The summed E-state index contributed by atoms with van der Waals surface area (Å²) >= 11 is 0. The van der Waals surface area contributed by atoms with Gasteiger partial charge in [0.05, 0.1) is 37.3 Å². The highest BCUT2D eigenvalue weighted by molar-refractivity contribution is 5.80. The third kappa shape index (κ3) is 5.40. The number of nitrogens with zero attached hydrogens (tertiary/aromatic N) is 3. The lowest BCUT2D eigenvalue weighted by Crippen LogP contribution is -2.37. The number of nitrogens with one attached hydrogen (secondary N) is 2. The van der Waals surface area contributed by atoms with Gasteiger partial charge in [0.15, 0.2) is 5.96 Å². The Morgan fingerprint density at radius 3 is 2.91 bits per heavy atom. The Bertz CT molecular complexity index is 1070. The summed E-state index contributed by atoms with van der Waals surface area (Å²) in [5, 5.41) is 6.74. The van der Waals surface area contributed by atoms with Crippen LogP contribution in [0, 0.1) is 12.8 Å². The van der Waals surface area contributed by atoms with Crippen LogP contribution in [0.4, 0.5) is 0 Å². The predicted molar refractivity (Wildman–Crippen MR) is 128 cm³/mol. The molecule has 0 aliphatic carbocycles. The molecule has 7 nitrogen and oxygen atoms in total. The van der Waals surface area contributed by atoms with Crippen molar-refractivity contribution in [1.82, 2.24) is 20.2 Å². The number of fused-ring (bicyclic) bond motifs is 1. The average Bonchev–Trinajstić information content (AvgIpc) is 3.43. The van der Waals surface area contributed by atoms with E-state index in [9.17, 15) is 0 Å². The number of ether oxygens (including phenoxy) is 2. The zero-order valence-electron chi connectivity index (χ0n) is 19.2. The number of guanidine groups is 1. The predicted octanol–water partition coefficient (Wildman–Crippen LogP) is 3.55. The molecule has 32 heavy (non-hydrogen) atoms. The lowest BCUT2D eigenvalue weighted by molar-refractivity contribution is 0.166. The van der Waals surface area contributed by atoms with E-state index in [1.807, 2.05) is 25.2 Å². The van der Waals surface area contributed by atoms with Gasteiger partial charge in [-0.1, -0.05) is 24.3 Å². The Balaban J connectivity index is 1.43. The lowest BCUT2D eigenvalue weighted by Gasteiger charge is -2.15. The molecule has 0 saturated carbocycles. The van der Waals surface area contributed by atoms with Crippen LogP contribution in [0.3, 0.4) is 0 Å². The Hall–Kier alpha value is -3.06. The monoisotopic (exact) mass is 435 g/mol. The highest BCUT2D eigenvalue weighted by Gasteiger charge is 2.17. The summed E-state index contributed by atoms with van der Waals surface area (Å²) in [7, 11) is 2.04. The Morgan fingerprint density at radius 2 is 2.12 bits per heavy atom. The molecule has 0 amide bonds. The molecule has 2 N–H and O–H groups in total. The van der Waals surface area contributed by atoms with Gasteiger partial charge in [-0.3, -0.25) is 0 Å². The molecule has 1 unspecified atom stereocenters. The van der Waals surface area contributed by atoms with Crippen molar-refractivity contribution in [1.29, 1.82) is 0 Å². The number of aliphatic imine (C=N–C) groups is 1. The second-order valence-electron chi connectivity index (χ2n) is 8.28. The van der Waals surface area contributed by atoms with Crippen LogP contribution in [0.5, 0.6) is 5.75 Å². The first-order valence-electron chi connectivity index (χ1n) is 11.4. The molecule has 1 aromatic heterocycles. The van der Waals surface area contributed by atoms with Gasteiger partial charge in [-0.15, -0.1) is 0 Å². The van der Waals surface area contributed by atoms with E-state index in [4.69, 9.17) is 19.5 Å². The molecule has 7 heteroatoms. The summed E-state index contributed by atoms with van der Waals surface area (Å²) in [5.74, 6) is 3.11. The van der Waals surface area contributed by atoms with Gasteiger partial charge in [0.2, 0.25) is 0 Å². The molecular formula is C25H33N5O2. The minimum Gasteiger partial charge on any atom is -0.493 e. The van der Waals surface area contributed by atoms with Gasteiger partial charge in [-0.2, -0.15) is 0 Å². The van der Waals surface area contributed by atoms with Crippen LogP contribution in [0.2, 0.25) is 0 Å². The SMILES string of the molecule is CCNC(=NCc1ccc(C)cc1OCC1CCOC1)NCc1nc2ccccc2n1C. The third-order valence-electron chi connectivity index (χ3n) is 5.77.